The van der Waals surface area contributed by atoms with E-state index in [2.05, 4.69) is 4.98 Å². The van der Waals surface area contributed by atoms with Gasteiger partial charge in [-0.15, -0.1) is 0 Å². The van der Waals surface area contributed by atoms with Crippen LogP contribution in [0.5, 0.6) is 5.88 Å². The highest BCUT2D eigenvalue weighted by atomic mass is 32.2. The number of alkyl halides is 3. The van der Waals surface area contributed by atoms with E-state index >= 15 is 0 Å². The topological polar surface area (TPSA) is 76.6 Å². The molecule has 0 bridgehead atoms. The van der Waals surface area contributed by atoms with Gasteiger partial charge in [-0.25, -0.2) is 13.4 Å². The van der Waals surface area contributed by atoms with Crippen LogP contribution in [0.3, 0.4) is 0 Å². The van der Waals surface area contributed by atoms with Gasteiger partial charge in [0.2, 0.25) is 11.8 Å². The fourth-order valence-electron chi connectivity index (χ4n) is 2.65. The number of nitrogens with zero attached hydrogens (tertiary/aromatic N) is 2. The zero-order valence-corrected chi connectivity index (χ0v) is 15.4. The first-order chi connectivity index (χ1) is 13.1. The van der Waals surface area contributed by atoms with Crippen LogP contribution in [0.2, 0.25) is 0 Å². The summed E-state index contributed by atoms with van der Waals surface area (Å²) >= 11 is 0. The number of benzene rings is 1. The van der Waals surface area contributed by atoms with Crippen LogP contribution in [-0.4, -0.2) is 49.2 Å². The maximum atomic E-state index is 12.7. The second kappa shape index (κ2) is 7.78. The predicted molar refractivity (Wildman–Crippen MR) is 93.3 cm³/mol. The van der Waals surface area contributed by atoms with Gasteiger partial charge in [-0.1, -0.05) is 24.3 Å². The summed E-state index contributed by atoms with van der Waals surface area (Å²) in [5.74, 6) is -0.831. The molecule has 1 aromatic carbocycles. The van der Waals surface area contributed by atoms with Gasteiger partial charge in [0, 0.05) is 12.5 Å². The summed E-state index contributed by atoms with van der Waals surface area (Å²) in [6, 6.07) is 11.2. The Bertz CT molecular complexity index is 943. The molecule has 1 aliphatic rings. The summed E-state index contributed by atoms with van der Waals surface area (Å²) in [5.41, 5.74) is -1.05. The van der Waals surface area contributed by atoms with Crippen LogP contribution in [-0.2, 0) is 20.8 Å². The molecule has 0 saturated carbocycles. The van der Waals surface area contributed by atoms with Crippen LogP contribution in [0.4, 0.5) is 13.2 Å². The largest absolute Gasteiger partial charge is 0.471 e. The highest BCUT2D eigenvalue weighted by molar-refractivity contribution is 7.91. The third-order valence-electron chi connectivity index (χ3n) is 4.19. The Balaban J connectivity index is 1.48. The van der Waals surface area contributed by atoms with Crippen LogP contribution >= 0.6 is 0 Å². The molecule has 2 heterocycles. The molecule has 1 aromatic heterocycles. The second-order valence-corrected chi connectivity index (χ2v) is 8.39. The zero-order valence-electron chi connectivity index (χ0n) is 14.6. The minimum absolute atomic E-state index is 0.156. The zero-order chi connectivity index (χ0) is 20.4. The van der Waals surface area contributed by atoms with Gasteiger partial charge in [-0.3, -0.25) is 4.79 Å². The Morgan fingerprint density at radius 1 is 1.11 bits per heavy atom. The van der Waals surface area contributed by atoms with Crippen molar-refractivity contribution in [1.82, 2.24) is 9.88 Å². The van der Waals surface area contributed by atoms with Gasteiger partial charge >= 0.3 is 6.18 Å². The number of halogens is 3. The van der Waals surface area contributed by atoms with E-state index < -0.39 is 27.8 Å². The van der Waals surface area contributed by atoms with Crippen molar-refractivity contribution < 1.29 is 31.1 Å². The Kier molecular flexibility index (Phi) is 5.59. The highest BCUT2D eigenvalue weighted by Crippen LogP contribution is 2.29. The van der Waals surface area contributed by atoms with Crippen LogP contribution < -0.4 is 4.74 Å². The number of sulfone groups is 1. The van der Waals surface area contributed by atoms with E-state index in [0.29, 0.717) is 0 Å². The van der Waals surface area contributed by atoms with Crippen molar-refractivity contribution in [3.63, 3.8) is 0 Å². The molecule has 6 nitrogen and oxygen atoms in total. The average molecular weight is 414 g/mol. The molecule has 1 fully saturated rings. The molecule has 28 heavy (non-hydrogen) atoms. The first kappa shape index (κ1) is 20.1. The molecule has 0 unspecified atom stereocenters. The number of hydrogen-bond donors (Lipinski definition) is 0. The molecule has 0 aliphatic carbocycles. The molecule has 1 aliphatic heterocycles. The van der Waals surface area contributed by atoms with E-state index in [4.69, 9.17) is 4.74 Å². The van der Waals surface area contributed by atoms with E-state index in [1.807, 2.05) is 0 Å². The summed E-state index contributed by atoms with van der Waals surface area (Å²) < 4.78 is 67.7. The number of aromatic nitrogens is 1. The van der Waals surface area contributed by atoms with Crippen LogP contribution in [0, 0.1) is 0 Å². The monoisotopic (exact) mass is 414 g/mol. The van der Waals surface area contributed by atoms with Gasteiger partial charge in [-0.2, -0.15) is 13.2 Å². The first-order valence-corrected chi connectivity index (χ1v) is 10.1. The third kappa shape index (κ3) is 4.80. The van der Waals surface area contributed by atoms with E-state index in [0.717, 1.165) is 6.07 Å². The Labute approximate surface area is 159 Å². The lowest BCUT2D eigenvalue weighted by Crippen LogP contribution is -2.56. The fraction of sp³-hybridized carbons (Fsp3) is 0.333. The van der Waals surface area contributed by atoms with Crippen molar-refractivity contribution in [1.29, 1.82) is 0 Å². The number of pyridine rings is 1. The molecular weight excluding hydrogens is 397 g/mol. The molecule has 0 radical (unpaired) electrons. The third-order valence-corrected chi connectivity index (χ3v) is 5.92. The molecule has 3 rings (SSSR count). The number of likely N-dealkylation sites (tertiary alicyclic amines) is 1. The van der Waals surface area contributed by atoms with E-state index in [1.165, 1.54) is 29.2 Å². The minimum atomic E-state index is -4.56. The number of hydrogen-bond acceptors (Lipinski definition) is 5. The molecular formula is C18H17F3N2O4S. The van der Waals surface area contributed by atoms with Gasteiger partial charge < -0.3 is 9.64 Å². The number of carbonyl (C=O) groups is 1. The maximum Gasteiger partial charge on any atom is 0.433 e. The Morgan fingerprint density at radius 2 is 1.79 bits per heavy atom. The number of carbonyl (C=O) groups excluding carboxylic acids is 1. The predicted octanol–water partition coefficient (Wildman–Crippen LogP) is 2.55. The van der Waals surface area contributed by atoms with Crippen LogP contribution in [0.25, 0.3) is 0 Å². The van der Waals surface area contributed by atoms with E-state index in [9.17, 15) is 26.4 Å². The lowest BCUT2D eigenvalue weighted by atomic mass is 10.1. The molecule has 1 amide bonds. The number of ether oxygens (including phenoxy) is 1. The molecule has 0 N–H and O–H groups in total. The average Bonchev–Trinajstić information content (AvgIpc) is 2.63. The number of amides is 1. The molecule has 2 aromatic rings. The summed E-state index contributed by atoms with van der Waals surface area (Å²) in [4.78, 5) is 17.1. The standard InChI is InChI=1S/C18H17F3N2O4S/c19-18(20,21)15-7-4-8-16(22-15)27-13-11-23(12-13)17(24)9-10-28(25,26)14-5-2-1-3-6-14/h1-8,13H,9-12H2. The van der Waals surface area contributed by atoms with Gasteiger partial charge in [0.15, 0.2) is 9.84 Å². The van der Waals surface area contributed by atoms with Gasteiger partial charge in [0.05, 0.1) is 23.7 Å². The Morgan fingerprint density at radius 3 is 2.43 bits per heavy atom. The van der Waals surface area contributed by atoms with Crippen molar-refractivity contribution >= 4 is 15.7 Å². The lowest BCUT2D eigenvalue weighted by Gasteiger charge is -2.38. The van der Waals surface area contributed by atoms with Crippen molar-refractivity contribution in [3.8, 4) is 5.88 Å². The minimum Gasteiger partial charge on any atom is -0.471 e. The smallest absolute Gasteiger partial charge is 0.433 e. The Hall–Kier alpha value is -2.62. The second-order valence-electron chi connectivity index (χ2n) is 6.28. The first-order valence-electron chi connectivity index (χ1n) is 8.42. The van der Waals surface area contributed by atoms with Crippen LogP contribution in [0.15, 0.2) is 53.4 Å². The van der Waals surface area contributed by atoms with Gasteiger partial charge in [0.1, 0.15) is 11.8 Å². The lowest BCUT2D eigenvalue weighted by molar-refractivity contribution is -0.142. The fourth-order valence-corrected chi connectivity index (χ4v) is 3.90. The molecule has 1 saturated heterocycles. The van der Waals surface area contributed by atoms with E-state index in [-0.39, 0.29) is 41.9 Å². The van der Waals surface area contributed by atoms with Gasteiger partial charge in [-0.05, 0) is 18.2 Å². The maximum absolute atomic E-state index is 12.7. The molecule has 0 spiro atoms. The highest BCUT2D eigenvalue weighted by Gasteiger charge is 2.35. The molecule has 10 heteroatoms. The quantitative estimate of drug-likeness (QED) is 0.726. The summed E-state index contributed by atoms with van der Waals surface area (Å²) in [6.07, 6.45) is -5.22. The van der Waals surface area contributed by atoms with E-state index in [1.54, 1.807) is 18.2 Å². The molecule has 0 atom stereocenters. The normalized spacial score (nSPS) is 15.2. The molecule has 150 valence electrons. The summed E-state index contributed by atoms with van der Waals surface area (Å²) in [7, 11) is -3.55. The van der Waals surface area contributed by atoms with Gasteiger partial charge in [0.25, 0.3) is 0 Å². The summed E-state index contributed by atoms with van der Waals surface area (Å²) in [6.45, 7) is 0.338. The van der Waals surface area contributed by atoms with Crippen molar-refractivity contribution in [2.24, 2.45) is 0 Å². The van der Waals surface area contributed by atoms with Crippen molar-refractivity contribution in [3.05, 3.63) is 54.2 Å². The van der Waals surface area contributed by atoms with Crippen molar-refractivity contribution in [2.75, 3.05) is 18.8 Å². The van der Waals surface area contributed by atoms with Crippen molar-refractivity contribution in [2.45, 2.75) is 23.6 Å². The summed E-state index contributed by atoms with van der Waals surface area (Å²) in [5, 5.41) is 0. The van der Waals surface area contributed by atoms with Crippen LogP contribution in [0.1, 0.15) is 12.1 Å². The SMILES string of the molecule is O=C(CCS(=O)(=O)c1ccccc1)N1CC(Oc2cccc(C(F)(F)F)n2)C1. The number of rotatable bonds is 6.